The fourth-order valence-electron chi connectivity index (χ4n) is 7.37. The summed E-state index contributed by atoms with van der Waals surface area (Å²) in [6, 6.07) is 60.9. The van der Waals surface area contributed by atoms with E-state index < -0.39 is 0 Å². The van der Waals surface area contributed by atoms with Crippen LogP contribution in [0.5, 0.6) is 5.75 Å². The normalized spacial score (nSPS) is 13.8. The molecule has 0 aliphatic carbocycles. The van der Waals surface area contributed by atoms with Crippen molar-refractivity contribution in [2.24, 2.45) is 0 Å². The van der Waals surface area contributed by atoms with Crippen LogP contribution in [0, 0.1) is 0 Å². The van der Waals surface area contributed by atoms with E-state index in [1.54, 1.807) is 0 Å². The van der Waals surface area contributed by atoms with Gasteiger partial charge in [0, 0.05) is 47.9 Å². The smallest absolute Gasteiger partial charge is 0.196 e. The largest absolute Gasteiger partial charge is 0.464 e. The van der Waals surface area contributed by atoms with Gasteiger partial charge in [-0.15, -0.1) is 11.3 Å². The maximum Gasteiger partial charge on any atom is 0.196 e. The molecule has 1 unspecified atom stereocenters. The minimum Gasteiger partial charge on any atom is -0.464 e. The molecule has 1 aliphatic heterocycles. The van der Waals surface area contributed by atoms with Crippen LogP contribution in [0.3, 0.4) is 0 Å². The molecule has 0 saturated carbocycles. The zero-order valence-corrected chi connectivity index (χ0v) is 27.3. The Morgan fingerprint density at radius 3 is 2.12 bits per heavy atom. The van der Waals surface area contributed by atoms with Crippen LogP contribution in [-0.4, -0.2) is 0 Å². The Balaban J connectivity index is 1.13. The molecule has 3 nitrogen and oxygen atoms in total. The highest BCUT2D eigenvalue weighted by atomic mass is 32.1. The molecule has 232 valence electrons. The molecule has 4 heteroatoms. The summed E-state index contributed by atoms with van der Waals surface area (Å²) in [4.78, 5) is 2.38. The molecule has 0 fully saturated rings. The van der Waals surface area contributed by atoms with E-state index in [9.17, 15) is 0 Å². The monoisotopic (exact) mass is 646 g/mol. The molecule has 0 bridgehead atoms. The van der Waals surface area contributed by atoms with Crippen molar-refractivity contribution >= 4 is 75.8 Å². The molecule has 9 aromatic rings. The molecule has 1 aliphatic rings. The third-order valence-electron chi connectivity index (χ3n) is 9.67. The van der Waals surface area contributed by atoms with Gasteiger partial charge in [-0.25, -0.2) is 0 Å². The molecule has 49 heavy (non-hydrogen) atoms. The van der Waals surface area contributed by atoms with Gasteiger partial charge in [0.05, 0.1) is 11.4 Å². The predicted molar refractivity (Wildman–Crippen MR) is 208 cm³/mol. The maximum atomic E-state index is 6.68. The van der Waals surface area contributed by atoms with E-state index in [4.69, 9.17) is 4.74 Å². The van der Waals surface area contributed by atoms with Crippen LogP contribution < -0.4 is 15.0 Å². The highest BCUT2D eigenvalue weighted by molar-refractivity contribution is 7.25. The predicted octanol–water partition coefficient (Wildman–Crippen LogP) is 13.0. The summed E-state index contributed by atoms with van der Waals surface area (Å²) < 4.78 is 9.32. The highest BCUT2D eigenvalue weighted by Crippen LogP contribution is 2.48. The highest BCUT2D eigenvalue weighted by Gasteiger charge is 2.27. The zero-order valence-electron chi connectivity index (χ0n) is 26.5. The number of para-hydroxylation sites is 1. The van der Waals surface area contributed by atoms with Crippen LogP contribution in [0.15, 0.2) is 170 Å². The first-order valence-electron chi connectivity index (χ1n) is 16.6. The number of benzene rings is 8. The van der Waals surface area contributed by atoms with Gasteiger partial charge in [-0.05, 0) is 76.5 Å². The van der Waals surface area contributed by atoms with Gasteiger partial charge >= 0.3 is 0 Å². The number of anilines is 4. The van der Waals surface area contributed by atoms with E-state index >= 15 is 0 Å². The minimum absolute atomic E-state index is 0.227. The number of hydrogen-bond acceptors (Lipinski definition) is 4. The molecule has 8 aromatic carbocycles. The Morgan fingerprint density at radius 1 is 0.510 bits per heavy atom. The molecule has 0 saturated heterocycles. The Labute approximate surface area is 288 Å². The van der Waals surface area contributed by atoms with Gasteiger partial charge in [0.1, 0.15) is 0 Å². The number of rotatable bonds is 5. The van der Waals surface area contributed by atoms with Crippen LogP contribution in [0.4, 0.5) is 22.7 Å². The van der Waals surface area contributed by atoms with Gasteiger partial charge in [0.25, 0.3) is 0 Å². The van der Waals surface area contributed by atoms with Crippen LogP contribution in [-0.2, 0) is 0 Å². The zero-order chi connectivity index (χ0) is 32.3. The SMILES string of the molecule is c1ccc(C2Nc3ccc4ccc5c(N(c6ccccc6)c6cccc(-c7ccc8sc9ccccc9c8c7)c6)cccc5c4c3O2)cc1. The van der Waals surface area contributed by atoms with Gasteiger partial charge in [-0.2, -0.15) is 0 Å². The van der Waals surface area contributed by atoms with Crippen molar-refractivity contribution in [1.29, 1.82) is 0 Å². The summed E-state index contributed by atoms with van der Waals surface area (Å²) in [5.74, 6) is 0.902. The fraction of sp³-hybridized carbons (Fsp3) is 0.0222. The Hall–Kier alpha value is -6.10. The van der Waals surface area contributed by atoms with Crippen LogP contribution >= 0.6 is 11.3 Å². The van der Waals surface area contributed by atoms with Crippen molar-refractivity contribution in [2.75, 3.05) is 10.2 Å². The molecule has 0 radical (unpaired) electrons. The van der Waals surface area contributed by atoms with Crippen LogP contribution in [0.2, 0.25) is 0 Å². The van der Waals surface area contributed by atoms with Crippen molar-refractivity contribution < 1.29 is 4.74 Å². The minimum atomic E-state index is -0.227. The lowest BCUT2D eigenvalue weighted by Crippen LogP contribution is -2.10. The summed E-state index contributed by atoms with van der Waals surface area (Å²) in [6.45, 7) is 0. The van der Waals surface area contributed by atoms with E-state index in [2.05, 4.69) is 174 Å². The number of ether oxygens (including phenoxy) is 1. The standard InChI is InChI=1S/C45H30N2OS/c1-3-11-30(12-4-1)45-46-39-25-22-29-21-24-35-37(43(29)44(39)48-45)18-10-19-40(35)47(33-14-5-2-6-15-33)34-16-9-13-31(27-34)32-23-26-42-38(28-32)36-17-7-8-20-41(36)49-42/h1-28,45-46H. The Kier molecular flexibility index (Phi) is 6.42. The van der Waals surface area contributed by atoms with Crippen molar-refractivity contribution in [1.82, 2.24) is 0 Å². The molecule has 0 amide bonds. The van der Waals surface area contributed by atoms with Gasteiger partial charge in [0.2, 0.25) is 0 Å². The number of fused-ring (bicyclic) bond motifs is 8. The van der Waals surface area contributed by atoms with Gasteiger partial charge in [-0.3, -0.25) is 0 Å². The second-order valence-corrected chi connectivity index (χ2v) is 13.6. The number of thiophene rings is 1. The van der Waals surface area contributed by atoms with E-state index in [1.807, 2.05) is 17.4 Å². The lowest BCUT2D eigenvalue weighted by atomic mass is 9.98. The van der Waals surface area contributed by atoms with Crippen molar-refractivity contribution in [3.63, 3.8) is 0 Å². The van der Waals surface area contributed by atoms with E-state index in [-0.39, 0.29) is 6.23 Å². The first-order chi connectivity index (χ1) is 24.3. The number of nitrogens with zero attached hydrogens (tertiary/aromatic N) is 1. The fourth-order valence-corrected chi connectivity index (χ4v) is 8.45. The molecular formula is C45H30N2OS. The third kappa shape index (κ3) is 4.64. The van der Waals surface area contributed by atoms with Gasteiger partial charge in [0.15, 0.2) is 12.0 Å². The first-order valence-corrected chi connectivity index (χ1v) is 17.4. The van der Waals surface area contributed by atoms with E-state index in [0.717, 1.165) is 55.6 Å². The molecule has 1 atom stereocenters. The van der Waals surface area contributed by atoms with Crippen LogP contribution in [0.1, 0.15) is 11.8 Å². The quantitative estimate of drug-likeness (QED) is 0.188. The molecule has 1 aromatic heterocycles. The van der Waals surface area contributed by atoms with Gasteiger partial charge < -0.3 is 15.0 Å². The maximum absolute atomic E-state index is 6.68. The summed E-state index contributed by atoms with van der Waals surface area (Å²) in [5, 5.41) is 10.8. The second kappa shape index (κ2) is 11.3. The average Bonchev–Trinajstić information content (AvgIpc) is 3.78. The molecule has 1 N–H and O–H groups in total. The molecule has 10 rings (SSSR count). The lowest BCUT2D eigenvalue weighted by molar-refractivity contribution is 0.263. The number of hydrogen-bond donors (Lipinski definition) is 1. The molecule has 2 heterocycles. The Morgan fingerprint density at radius 2 is 1.22 bits per heavy atom. The summed E-state index contributed by atoms with van der Waals surface area (Å²) in [6.07, 6.45) is -0.227. The van der Waals surface area contributed by atoms with E-state index in [0.29, 0.717) is 0 Å². The molecular weight excluding hydrogens is 617 g/mol. The summed E-state index contributed by atoms with van der Waals surface area (Å²) in [7, 11) is 0. The van der Waals surface area contributed by atoms with Crippen LogP contribution in [0.25, 0.3) is 52.8 Å². The van der Waals surface area contributed by atoms with Gasteiger partial charge in [-0.1, -0.05) is 115 Å². The Bertz CT molecular complexity index is 2680. The third-order valence-corrected chi connectivity index (χ3v) is 10.8. The molecule has 0 spiro atoms. The number of nitrogens with one attached hydrogen (secondary N) is 1. The summed E-state index contributed by atoms with van der Waals surface area (Å²) in [5.41, 5.74) is 7.84. The van der Waals surface area contributed by atoms with Crippen molar-refractivity contribution in [3.05, 3.63) is 175 Å². The van der Waals surface area contributed by atoms with Crippen molar-refractivity contribution in [3.8, 4) is 16.9 Å². The lowest BCUT2D eigenvalue weighted by Gasteiger charge is -2.27. The second-order valence-electron chi connectivity index (χ2n) is 12.6. The summed E-state index contributed by atoms with van der Waals surface area (Å²) >= 11 is 1.86. The van der Waals surface area contributed by atoms with E-state index in [1.165, 1.54) is 31.3 Å². The average molecular weight is 647 g/mol. The van der Waals surface area contributed by atoms with Crippen molar-refractivity contribution in [2.45, 2.75) is 6.23 Å². The topological polar surface area (TPSA) is 24.5 Å². The first kappa shape index (κ1) is 28.0.